The summed E-state index contributed by atoms with van der Waals surface area (Å²) in [6, 6.07) is 8.14. The molecule has 1 heterocycles. The first kappa shape index (κ1) is 43.4. The van der Waals surface area contributed by atoms with Crippen LogP contribution in [-0.4, -0.2) is 94.7 Å². The van der Waals surface area contributed by atoms with Gasteiger partial charge in [0.25, 0.3) is 0 Å². The number of aliphatic carboxylic acids is 1. The van der Waals surface area contributed by atoms with E-state index in [1.165, 1.54) is 4.90 Å². The molecule has 1 saturated heterocycles. The highest BCUT2D eigenvalue weighted by Gasteiger charge is 2.39. The lowest BCUT2D eigenvalue weighted by Crippen LogP contribution is -2.60. The van der Waals surface area contributed by atoms with E-state index in [1.807, 2.05) is 19.1 Å². The Balaban J connectivity index is 1.72. The Morgan fingerprint density at radius 2 is 1.55 bits per heavy atom. The lowest BCUT2D eigenvalue weighted by Gasteiger charge is -2.32. The summed E-state index contributed by atoms with van der Waals surface area (Å²) in [5.41, 5.74) is 8.02. The number of hydrogen-bond acceptors (Lipinski definition) is 8. The van der Waals surface area contributed by atoms with Gasteiger partial charge in [-0.05, 0) is 61.4 Å². The fourth-order valence-electron chi connectivity index (χ4n) is 5.97. The number of para-hydroxylation sites is 1. The van der Waals surface area contributed by atoms with Gasteiger partial charge in [-0.25, -0.2) is 4.79 Å². The quantitative estimate of drug-likeness (QED) is 0.103. The smallest absolute Gasteiger partial charge is 0.323 e. The zero-order valence-corrected chi connectivity index (χ0v) is 31.6. The van der Waals surface area contributed by atoms with Gasteiger partial charge in [0, 0.05) is 30.9 Å². The van der Waals surface area contributed by atoms with Crippen LogP contribution in [0.2, 0.25) is 0 Å². The van der Waals surface area contributed by atoms with Crippen molar-refractivity contribution >= 4 is 58.8 Å². The van der Waals surface area contributed by atoms with Crippen LogP contribution in [0.3, 0.4) is 0 Å². The Morgan fingerprint density at radius 3 is 2.16 bits per heavy atom. The number of likely N-dealkylation sites (tertiary alicyclic amines) is 1. The second-order valence-corrected chi connectivity index (χ2v) is 13.6. The number of benzene rings is 2. The van der Waals surface area contributed by atoms with Crippen LogP contribution in [0.5, 0.6) is 0 Å². The molecule has 55 heavy (non-hydrogen) atoms. The average molecular weight is 765 g/mol. The Hall–Kier alpha value is -6.00. The SMILES string of the molecule is CCCC(=O)NC[C@H](NC(=O)Cc1ccc(NC(=O)Nc2ccccc2C)cc1)C(=O)N[C@@H](CC(=O)O)C(=O)N[C@H](C(=O)N1CCC[C@H]1C(N)=O)C(C)CC. The molecule has 1 aliphatic rings. The molecule has 17 nitrogen and oxygen atoms in total. The van der Waals surface area contributed by atoms with E-state index in [4.69, 9.17) is 5.73 Å². The van der Waals surface area contributed by atoms with Crippen LogP contribution in [-0.2, 0) is 40.0 Å². The van der Waals surface area contributed by atoms with E-state index in [-0.39, 0.29) is 25.9 Å². The minimum atomic E-state index is -1.68. The van der Waals surface area contributed by atoms with Crippen LogP contribution in [0, 0.1) is 12.8 Å². The first-order valence-electron chi connectivity index (χ1n) is 18.3. The molecule has 8 amide bonds. The average Bonchev–Trinajstić information content (AvgIpc) is 3.64. The second kappa shape index (κ2) is 21.0. The number of nitrogens with zero attached hydrogens (tertiary/aromatic N) is 1. The molecule has 0 aromatic heterocycles. The number of aryl methyl sites for hydroxylation is 1. The van der Waals surface area contributed by atoms with Gasteiger partial charge < -0.3 is 47.6 Å². The molecular formula is C38H52N8O9. The molecule has 9 N–H and O–H groups in total. The third-order valence-electron chi connectivity index (χ3n) is 9.25. The number of carboxylic acid groups (broad SMARTS) is 1. The number of urea groups is 1. The van der Waals surface area contributed by atoms with Crippen molar-refractivity contribution in [3.8, 4) is 0 Å². The third-order valence-corrected chi connectivity index (χ3v) is 9.25. The Bertz CT molecular complexity index is 1720. The van der Waals surface area contributed by atoms with E-state index in [2.05, 4.69) is 31.9 Å². The standard InChI is InChI=1S/C38H52N8O9/c1-5-10-30(47)40-21-28(42-31(48)19-24-14-16-25(17-15-24)41-38(55)44-26-12-8-7-11-23(26)4)36(53)43-27(20-32(49)50)35(52)45-33(22(3)6-2)37(54)46-18-9-13-29(46)34(39)51/h7-8,11-12,14-17,22,27-29,33H,5-6,9-10,13,18-21H2,1-4H3,(H2,39,51)(H,40,47)(H,42,48)(H,43,53)(H,45,52)(H,49,50)(H2,41,44,55)/t22?,27-,28-,29-,33-/m0/s1. The molecule has 0 aliphatic carbocycles. The molecule has 1 unspecified atom stereocenters. The molecule has 17 heteroatoms. The van der Waals surface area contributed by atoms with Gasteiger partial charge >= 0.3 is 12.0 Å². The largest absolute Gasteiger partial charge is 0.481 e. The van der Waals surface area contributed by atoms with Crippen LogP contribution in [0.25, 0.3) is 0 Å². The molecule has 1 fully saturated rings. The molecule has 5 atom stereocenters. The predicted octanol–water partition coefficient (Wildman–Crippen LogP) is 1.55. The van der Waals surface area contributed by atoms with Crippen LogP contribution in [0.4, 0.5) is 16.2 Å². The highest BCUT2D eigenvalue weighted by molar-refractivity contribution is 6.00. The number of carboxylic acids is 1. The lowest BCUT2D eigenvalue weighted by atomic mass is 9.96. The minimum Gasteiger partial charge on any atom is -0.481 e. The van der Waals surface area contributed by atoms with Gasteiger partial charge in [0.05, 0.1) is 12.8 Å². The van der Waals surface area contributed by atoms with Crippen molar-refractivity contribution in [3.63, 3.8) is 0 Å². The van der Waals surface area contributed by atoms with Crippen molar-refractivity contribution < 1.29 is 43.5 Å². The van der Waals surface area contributed by atoms with Gasteiger partial charge in [0.1, 0.15) is 24.2 Å². The summed E-state index contributed by atoms with van der Waals surface area (Å²) in [7, 11) is 0. The number of rotatable bonds is 19. The molecule has 298 valence electrons. The van der Waals surface area contributed by atoms with Crippen molar-refractivity contribution in [1.82, 2.24) is 26.2 Å². The van der Waals surface area contributed by atoms with Crippen molar-refractivity contribution in [2.45, 2.75) is 96.8 Å². The number of amides is 8. The number of carbonyl (C=O) groups excluding carboxylic acids is 7. The van der Waals surface area contributed by atoms with Gasteiger partial charge in [-0.15, -0.1) is 0 Å². The first-order valence-corrected chi connectivity index (χ1v) is 18.3. The van der Waals surface area contributed by atoms with E-state index >= 15 is 0 Å². The summed E-state index contributed by atoms with van der Waals surface area (Å²) in [4.78, 5) is 104. The maximum atomic E-state index is 13.6. The fraction of sp³-hybridized carbons (Fsp3) is 0.474. The van der Waals surface area contributed by atoms with E-state index < -0.39 is 83.9 Å². The van der Waals surface area contributed by atoms with Crippen LogP contribution < -0.4 is 37.6 Å². The van der Waals surface area contributed by atoms with E-state index in [0.717, 1.165) is 5.56 Å². The molecule has 0 bridgehead atoms. The molecule has 1 aliphatic heterocycles. The zero-order valence-electron chi connectivity index (χ0n) is 31.6. The summed E-state index contributed by atoms with van der Waals surface area (Å²) < 4.78 is 0. The third kappa shape index (κ3) is 13.4. The molecule has 0 spiro atoms. The summed E-state index contributed by atoms with van der Waals surface area (Å²) in [5.74, 6) is -6.04. The summed E-state index contributed by atoms with van der Waals surface area (Å²) >= 11 is 0. The highest BCUT2D eigenvalue weighted by atomic mass is 16.4. The van der Waals surface area contributed by atoms with Crippen molar-refractivity contribution in [1.29, 1.82) is 0 Å². The number of primary amides is 1. The summed E-state index contributed by atoms with van der Waals surface area (Å²) in [5, 5.41) is 25.2. The Morgan fingerprint density at radius 1 is 0.873 bits per heavy atom. The summed E-state index contributed by atoms with van der Waals surface area (Å²) in [6.07, 6.45) is 0.947. The zero-order chi connectivity index (χ0) is 40.7. The normalized spacial score (nSPS) is 15.7. The molecule has 0 radical (unpaired) electrons. The van der Waals surface area contributed by atoms with Crippen LogP contribution in [0.1, 0.15) is 70.4 Å². The number of nitrogens with one attached hydrogen (secondary N) is 6. The maximum Gasteiger partial charge on any atom is 0.323 e. The predicted molar refractivity (Wildman–Crippen MR) is 203 cm³/mol. The van der Waals surface area contributed by atoms with Crippen molar-refractivity contribution in [2.24, 2.45) is 11.7 Å². The first-order chi connectivity index (χ1) is 26.1. The molecular weight excluding hydrogens is 712 g/mol. The van der Waals surface area contributed by atoms with E-state index in [9.17, 15) is 43.5 Å². The van der Waals surface area contributed by atoms with Gasteiger partial charge in [0.15, 0.2) is 0 Å². The van der Waals surface area contributed by atoms with E-state index in [1.54, 1.807) is 57.2 Å². The molecule has 2 aromatic carbocycles. The number of nitrogens with two attached hydrogens (primary N) is 1. The van der Waals surface area contributed by atoms with Crippen molar-refractivity contribution in [2.75, 3.05) is 23.7 Å². The topological polar surface area (TPSA) is 258 Å². The van der Waals surface area contributed by atoms with Crippen LogP contribution in [0.15, 0.2) is 48.5 Å². The minimum absolute atomic E-state index is 0.147. The second-order valence-electron chi connectivity index (χ2n) is 13.6. The maximum absolute atomic E-state index is 13.6. The van der Waals surface area contributed by atoms with E-state index in [0.29, 0.717) is 42.6 Å². The Labute approximate surface area is 319 Å². The molecule has 3 rings (SSSR count). The lowest BCUT2D eigenvalue weighted by molar-refractivity contribution is -0.144. The fourth-order valence-corrected chi connectivity index (χ4v) is 5.97. The van der Waals surface area contributed by atoms with Crippen molar-refractivity contribution in [3.05, 3.63) is 59.7 Å². The Kier molecular flexibility index (Phi) is 16.6. The highest BCUT2D eigenvalue weighted by Crippen LogP contribution is 2.21. The number of carbonyl (C=O) groups is 8. The van der Waals surface area contributed by atoms with Gasteiger partial charge in [0.2, 0.25) is 35.4 Å². The summed E-state index contributed by atoms with van der Waals surface area (Å²) in [6.45, 7) is 7.03. The number of hydrogen-bond donors (Lipinski definition) is 8. The molecule has 0 saturated carbocycles. The number of anilines is 2. The van der Waals surface area contributed by atoms with Gasteiger partial charge in [-0.1, -0.05) is 57.5 Å². The molecule has 2 aromatic rings. The van der Waals surface area contributed by atoms with Gasteiger partial charge in [-0.2, -0.15) is 0 Å². The van der Waals surface area contributed by atoms with Gasteiger partial charge in [-0.3, -0.25) is 33.6 Å². The monoisotopic (exact) mass is 764 g/mol. The van der Waals surface area contributed by atoms with Crippen LogP contribution >= 0.6 is 0 Å².